The van der Waals surface area contributed by atoms with Crippen molar-refractivity contribution in [2.75, 3.05) is 0 Å². The lowest BCUT2D eigenvalue weighted by Gasteiger charge is -2.58. The van der Waals surface area contributed by atoms with Gasteiger partial charge in [-0.2, -0.15) is 0 Å². The molecular formula is C22H30O4. The van der Waals surface area contributed by atoms with Crippen LogP contribution in [0, 0.1) is 28.6 Å². The molecule has 142 valence electrons. The number of ketones is 1. The summed E-state index contributed by atoms with van der Waals surface area (Å²) in [5.74, 6) is 2.20. The van der Waals surface area contributed by atoms with Gasteiger partial charge in [0.15, 0.2) is 11.4 Å². The molecule has 4 aliphatic carbocycles. The van der Waals surface area contributed by atoms with E-state index in [1.165, 1.54) is 12.0 Å². The first kappa shape index (κ1) is 17.0. The SMILES string of the molecule is CC(=O)[C@@]12O[C@@H]1C[C@H]1[C@@H]3CC=C4C[C@@H](OC=O)CC[C@]4(C)[C@H]3CC[C@@]12C. The standard InChI is InChI=1S/C22H30O4/c1-13(24)22-19(26-22)11-18-16-5-4-14-10-15(25-12-23)6-8-20(14,2)17(16)7-9-21(18,22)3/h4,12,15-19H,5-11H2,1-3H3/t15-,16+,17-,18-,19+,20-,21-,22+/m0/s1. The third kappa shape index (κ3) is 1.85. The molecular weight excluding hydrogens is 328 g/mol. The molecule has 4 fully saturated rings. The van der Waals surface area contributed by atoms with E-state index >= 15 is 0 Å². The van der Waals surface area contributed by atoms with Gasteiger partial charge >= 0.3 is 0 Å². The minimum Gasteiger partial charge on any atom is -0.464 e. The minimum absolute atomic E-state index is 0.0181. The van der Waals surface area contributed by atoms with E-state index in [4.69, 9.17) is 9.47 Å². The first-order valence-corrected chi connectivity index (χ1v) is 10.3. The Labute approximate surface area is 155 Å². The van der Waals surface area contributed by atoms with Gasteiger partial charge in [-0.3, -0.25) is 9.59 Å². The lowest BCUT2D eigenvalue weighted by Crippen LogP contribution is -2.54. The van der Waals surface area contributed by atoms with Crippen molar-refractivity contribution in [3.05, 3.63) is 11.6 Å². The smallest absolute Gasteiger partial charge is 0.293 e. The summed E-state index contributed by atoms with van der Waals surface area (Å²) in [7, 11) is 0. The Kier molecular flexibility index (Phi) is 3.40. The van der Waals surface area contributed by atoms with Crippen LogP contribution in [0.2, 0.25) is 0 Å². The van der Waals surface area contributed by atoms with Gasteiger partial charge in [-0.25, -0.2) is 0 Å². The number of carbonyl (C=O) groups excluding carboxylic acids is 2. The second-order valence-corrected chi connectivity index (χ2v) is 9.95. The van der Waals surface area contributed by atoms with Crippen LogP contribution in [0.3, 0.4) is 0 Å². The van der Waals surface area contributed by atoms with E-state index in [1.54, 1.807) is 6.92 Å². The number of Topliss-reactive ketones (excluding diaryl/α,β-unsaturated/α-hetero) is 1. The van der Waals surface area contributed by atoms with Crippen molar-refractivity contribution in [1.82, 2.24) is 0 Å². The van der Waals surface area contributed by atoms with E-state index in [2.05, 4.69) is 19.9 Å². The van der Waals surface area contributed by atoms with Gasteiger partial charge in [-0.05, 0) is 68.6 Å². The maximum absolute atomic E-state index is 12.4. The Bertz CT molecular complexity index is 698. The van der Waals surface area contributed by atoms with Crippen molar-refractivity contribution in [2.45, 2.75) is 83.5 Å². The number of epoxide rings is 1. The Balaban J connectivity index is 1.45. The number of ether oxygens (including phenoxy) is 2. The monoisotopic (exact) mass is 358 g/mol. The molecule has 0 unspecified atom stereocenters. The van der Waals surface area contributed by atoms with Gasteiger partial charge in [0, 0.05) is 11.8 Å². The summed E-state index contributed by atoms with van der Waals surface area (Å²) >= 11 is 0. The molecule has 0 aromatic carbocycles. The maximum atomic E-state index is 12.4. The van der Waals surface area contributed by atoms with Gasteiger partial charge in [-0.1, -0.05) is 25.5 Å². The van der Waals surface area contributed by atoms with Gasteiger partial charge in [0.2, 0.25) is 0 Å². The Morgan fingerprint density at radius 2 is 2.08 bits per heavy atom. The molecule has 1 aliphatic heterocycles. The van der Waals surface area contributed by atoms with Crippen LogP contribution in [-0.2, 0) is 19.1 Å². The van der Waals surface area contributed by atoms with Crippen molar-refractivity contribution in [1.29, 1.82) is 0 Å². The van der Waals surface area contributed by atoms with Crippen LogP contribution < -0.4 is 0 Å². The average molecular weight is 358 g/mol. The van der Waals surface area contributed by atoms with Crippen LogP contribution in [0.1, 0.15) is 65.7 Å². The summed E-state index contributed by atoms with van der Waals surface area (Å²) in [5, 5.41) is 0. The first-order chi connectivity index (χ1) is 12.4. The number of hydrogen-bond donors (Lipinski definition) is 0. The van der Waals surface area contributed by atoms with E-state index in [1.807, 2.05) is 0 Å². The Hall–Kier alpha value is -1.16. The summed E-state index contributed by atoms with van der Waals surface area (Å²) < 4.78 is 11.3. The average Bonchev–Trinajstić information content (AvgIpc) is 3.28. The molecule has 0 aromatic rings. The molecule has 0 radical (unpaired) electrons. The molecule has 1 saturated heterocycles. The second kappa shape index (κ2) is 5.21. The summed E-state index contributed by atoms with van der Waals surface area (Å²) in [6.07, 6.45) is 10.1. The fourth-order valence-electron chi connectivity index (χ4n) is 7.89. The lowest BCUT2D eigenvalue weighted by atomic mass is 9.47. The fourth-order valence-corrected chi connectivity index (χ4v) is 7.89. The van der Waals surface area contributed by atoms with E-state index in [0.29, 0.717) is 24.2 Å². The van der Waals surface area contributed by atoms with Gasteiger partial charge in [0.1, 0.15) is 6.10 Å². The summed E-state index contributed by atoms with van der Waals surface area (Å²) in [4.78, 5) is 23.2. The molecule has 0 amide bonds. The number of rotatable bonds is 3. The molecule has 4 heteroatoms. The molecule has 1 heterocycles. The highest BCUT2D eigenvalue weighted by Gasteiger charge is 2.79. The van der Waals surface area contributed by atoms with Crippen LogP contribution >= 0.6 is 0 Å². The normalized spacial score (nSPS) is 54.1. The predicted octanol–water partition coefficient (Wildman–Crippen LogP) is 3.83. The quantitative estimate of drug-likeness (QED) is 0.437. The van der Waals surface area contributed by atoms with Gasteiger partial charge in [0.25, 0.3) is 6.47 Å². The molecule has 5 aliphatic rings. The third-order valence-electron chi connectivity index (χ3n) is 9.26. The Morgan fingerprint density at radius 1 is 1.27 bits per heavy atom. The first-order valence-electron chi connectivity index (χ1n) is 10.3. The highest BCUT2D eigenvalue weighted by atomic mass is 16.6. The molecule has 0 N–H and O–H groups in total. The van der Waals surface area contributed by atoms with Gasteiger partial charge < -0.3 is 9.47 Å². The van der Waals surface area contributed by atoms with Crippen LogP contribution in [0.4, 0.5) is 0 Å². The van der Waals surface area contributed by atoms with E-state index < -0.39 is 5.60 Å². The van der Waals surface area contributed by atoms with Crippen molar-refractivity contribution in [3.8, 4) is 0 Å². The molecule has 0 bridgehead atoms. The lowest BCUT2D eigenvalue weighted by molar-refractivity contribution is -0.139. The maximum Gasteiger partial charge on any atom is 0.293 e. The van der Waals surface area contributed by atoms with Crippen molar-refractivity contribution < 1.29 is 19.1 Å². The Morgan fingerprint density at radius 3 is 2.81 bits per heavy atom. The highest BCUT2D eigenvalue weighted by molar-refractivity contribution is 5.90. The number of allylic oxidation sites excluding steroid dienone is 1. The van der Waals surface area contributed by atoms with Crippen LogP contribution in [0.25, 0.3) is 0 Å². The minimum atomic E-state index is -0.469. The molecule has 8 atom stereocenters. The topological polar surface area (TPSA) is 55.9 Å². The second-order valence-electron chi connectivity index (χ2n) is 9.95. The summed E-state index contributed by atoms with van der Waals surface area (Å²) in [6.45, 7) is 7.12. The van der Waals surface area contributed by atoms with Crippen molar-refractivity contribution in [3.63, 3.8) is 0 Å². The largest absolute Gasteiger partial charge is 0.464 e. The van der Waals surface area contributed by atoms with E-state index in [9.17, 15) is 9.59 Å². The fraction of sp³-hybridized carbons (Fsp3) is 0.818. The molecule has 5 rings (SSSR count). The van der Waals surface area contributed by atoms with E-state index in [0.717, 1.165) is 38.5 Å². The predicted molar refractivity (Wildman–Crippen MR) is 96.3 cm³/mol. The molecule has 3 saturated carbocycles. The molecule has 0 aromatic heterocycles. The van der Waals surface area contributed by atoms with Gasteiger partial charge in [0.05, 0.1) is 6.10 Å². The molecule has 0 spiro atoms. The van der Waals surface area contributed by atoms with Crippen LogP contribution in [-0.4, -0.2) is 30.1 Å². The van der Waals surface area contributed by atoms with Crippen molar-refractivity contribution in [2.24, 2.45) is 28.6 Å². The van der Waals surface area contributed by atoms with Crippen LogP contribution in [0.5, 0.6) is 0 Å². The zero-order valence-corrected chi connectivity index (χ0v) is 16.1. The molecule has 26 heavy (non-hydrogen) atoms. The van der Waals surface area contributed by atoms with Crippen molar-refractivity contribution >= 4 is 12.3 Å². The van der Waals surface area contributed by atoms with E-state index in [-0.39, 0.29) is 28.8 Å². The zero-order valence-electron chi connectivity index (χ0n) is 16.1. The van der Waals surface area contributed by atoms with Crippen LogP contribution in [0.15, 0.2) is 11.6 Å². The number of carbonyl (C=O) groups is 2. The molecule has 4 nitrogen and oxygen atoms in total. The summed E-state index contributed by atoms with van der Waals surface area (Å²) in [5.41, 5.74) is 1.30. The van der Waals surface area contributed by atoms with Gasteiger partial charge in [-0.15, -0.1) is 0 Å². The summed E-state index contributed by atoms with van der Waals surface area (Å²) in [6, 6.07) is 0. The zero-order chi connectivity index (χ0) is 18.3. The number of fused-ring (bicyclic) bond motifs is 7. The number of hydrogen-bond acceptors (Lipinski definition) is 4. The third-order valence-corrected chi connectivity index (χ3v) is 9.26. The highest BCUT2D eigenvalue weighted by Crippen LogP contribution is 2.73.